The molecule has 0 saturated heterocycles. The molecule has 34 heavy (non-hydrogen) atoms. The molecule has 1 fully saturated rings. The minimum absolute atomic E-state index is 0.190. The van der Waals surface area contributed by atoms with E-state index in [9.17, 15) is 4.79 Å². The van der Waals surface area contributed by atoms with E-state index in [2.05, 4.69) is 41.2 Å². The van der Waals surface area contributed by atoms with Crippen molar-refractivity contribution >= 4 is 51.4 Å². The highest BCUT2D eigenvalue weighted by Gasteiger charge is 2.24. The van der Waals surface area contributed by atoms with Gasteiger partial charge in [-0.3, -0.25) is 9.36 Å². The zero-order valence-corrected chi connectivity index (χ0v) is 21.9. The lowest BCUT2D eigenvalue weighted by Crippen LogP contribution is -2.20. The summed E-state index contributed by atoms with van der Waals surface area (Å²) in [7, 11) is 1.61. The van der Waals surface area contributed by atoms with E-state index in [1.54, 1.807) is 13.3 Å². The maximum absolute atomic E-state index is 12.4. The molecule has 1 N–H and O–H groups in total. The lowest BCUT2D eigenvalue weighted by molar-refractivity contribution is -0.118. The lowest BCUT2D eigenvalue weighted by atomic mass is 9.95. The number of benzene rings is 2. The van der Waals surface area contributed by atoms with Gasteiger partial charge in [0.2, 0.25) is 0 Å². The number of methoxy groups -OCH3 is 1. The number of ether oxygens (including phenoxy) is 1. The first-order valence-corrected chi connectivity index (χ1v) is 13.2. The minimum Gasteiger partial charge on any atom is -0.496 e. The summed E-state index contributed by atoms with van der Waals surface area (Å²) in [5.41, 5.74) is 4.39. The van der Waals surface area contributed by atoms with Crippen LogP contribution in [0.15, 0.2) is 57.2 Å². The Kier molecular flexibility index (Phi) is 8.64. The van der Waals surface area contributed by atoms with Crippen molar-refractivity contribution < 1.29 is 9.53 Å². The van der Waals surface area contributed by atoms with Crippen molar-refractivity contribution in [1.82, 2.24) is 20.2 Å². The highest BCUT2D eigenvalue weighted by molar-refractivity contribution is 9.10. The maximum Gasteiger partial charge on any atom is 0.250 e. The SMILES string of the molecule is COc1ccc(/C=N/NC(=O)CSc2nnc(-c3ccc(Cl)cc3)n2C2CCCCC2)cc1Br. The third kappa shape index (κ3) is 6.20. The van der Waals surface area contributed by atoms with Crippen LogP contribution in [0.2, 0.25) is 5.02 Å². The van der Waals surface area contributed by atoms with E-state index in [0.29, 0.717) is 11.1 Å². The molecule has 0 unspecified atom stereocenters. The number of hydrogen-bond donors (Lipinski definition) is 1. The Bertz CT molecular complexity index is 1160. The first kappa shape index (κ1) is 24.8. The van der Waals surface area contributed by atoms with E-state index in [4.69, 9.17) is 16.3 Å². The first-order valence-electron chi connectivity index (χ1n) is 11.0. The predicted octanol–water partition coefficient (Wildman–Crippen LogP) is 6.12. The molecule has 1 saturated carbocycles. The number of carbonyl (C=O) groups excluding carboxylic acids is 1. The van der Waals surface area contributed by atoms with Crippen LogP contribution in [0.5, 0.6) is 5.75 Å². The van der Waals surface area contributed by atoms with Gasteiger partial charge in [-0.1, -0.05) is 42.6 Å². The number of hydrogen-bond acceptors (Lipinski definition) is 6. The summed E-state index contributed by atoms with van der Waals surface area (Å²) in [5, 5.41) is 14.4. The topological polar surface area (TPSA) is 81.4 Å². The van der Waals surface area contributed by atoms with E-state index in [-0.39, 0.29) is 11.7 Å². The number of thioether (sulfide) groups is 1. The van der Waals surface area contributed by atoms with Crippen LogP contribution in [0.4, 0.5) is 0 Å². The number of nitrogens with one attached hydrogen (secondary N) is 1. The summed E-state index contributed by atoms with van der Waals surface area (Å²) < 4.78 is 8.23. The summed E-state index contributed by atoms with van der Waals surface area (Å²) in [6, 6.07) is 13.5. The molecule has 1 amide bonds. The number of aromatic nitrogens is 3. The van der Waals surface area contributed by atoms with Crippen molar-refractivity contribution in [3.8, 4) is 17.1 Å². The van der Waals surface area contributed by atoms with Gasteiger partial charge in [0.25, 0.3) is 5.91 Å². The van der Waals surface area contributed by atoms with Gasteiger partial charge < -0.3 is 4.74 Å². The zero-order valence-electron chi connectivity index (χ0n) is 18.7. The molecular formula is C24H25BrClN5O2S. The molecule has 0 aliphatic heterocycles. The molecule has 178 valence electrons. The first-order chi connectivity index (χ1) is 16.5. The third-order valence-corrected chi connectivity index (χ3v) is 7.43. The van der Waals surface area contributed by atoms with Gasteiger partial charge in [0.05, 0.1) is 23.5 Å². The van der Waals surface area contributed by atoms with Crippen LogP contribution in [0.25, 0.3) is 11.4 Å². The largest absolute Gasteiger partial charge is 0.496 e. The van der Waals surface area contributed by atoms with Gasteiger partial charge in [-0.2, -0.15) is 5.10 Å². The van der Waals surface area contributed by atoms with Crippen LogP contribution in [0.1, 0.15) is 43.7 Å². The number of hydrazone groups is 1. The summed E-state index contributed by atoms with van der Waals surface area (Å²) >= 11 is 10.9. The van der Waals surface area contributed by atoms with E-state index in [1.165, 1.54) is 31.0 Å². The predicted molar refractivity (Wildman–Crippen MR) is 140 cm³/mol. The average Bonchev–Trinajstić information content (AvgIpc) is 3.28. The number of halogens is 2. The minimum atomic E-state index is -0.208. The van der Waals surface area contributed by atoms with Gasteiger partial charge in [-0.25, -0.2) is 5.43 Å². The summed E-state index contributed by atoms with van der Waals surface area (Å²) in [6.45, 7) is 0. The molecule has 1 aromatic heterocycles. The number of carbonyl (C=O) groups is 1. The highest BCUT2D eigenvalue weighted by atomic mass is 79.9. The normalized spacial score (nSPS) is 14.4. The number of nitrogens with zero attached hydrogens (tertiary/aromatic N) is 4. The Balaban J connectivity index is 1.43. The molecule has 1 heterocycles. The van der Waals surface area contributed by atoms with Crippen LogP contribution < -0.4 is 10.2 Å². The molecule has 0 atom stereocenters. The van der Waals surface area contributed by atoms with Gasteiger partial charge in [0, 0.05) is 16.6 Å². The molecule has 2 aromatic carbocycles. The van der Waals surface area contributed by atoms with Crippen molar-refractivity contribution in [2.45, 2.75) is 43.3 Å². The Morgan fingerprint density at radius 2 is 2.00 bits per heavy atom. The smallest absolute Gasteiger partial charge is 0.250 e. The molecule has 1 aliphatic carbocycles. The quantitative estimate of drug-likeness (QED) is 0.203. The Morgan fingerprint density at radius 1 is 1.24 bits per heavy atom. The van der Waals surface area contributed by atoms with Crippen LogP contribution in [-0.2, 0) is 4.79 Å². The van der Waals surface area contributed by atoms with Gasteiger partial charge >= 0.3 is 0 Å². The van der Waals surface area contributed by atoms with Crippen molar-refractivity contribution in [2.75, 3.05) is 12.9 Å². The van der Waals surface area contributed by atoms with E-state index < -0.39 is 0 Å². The molecule has 3 aromatic rings. The van der Waals surface area contributed by atoms with Crippen molar-refractivity contribution in [2.24, 2.45) is 5.10 Å². The van der Waals surface area contributed by atoms with Crippen LogP contribution in [-0.4, -0.2) is 39.7 Å². The fourth-order valence-electron chi connectivity index (χ4n) is 3.94. The van der Waals surface area contributed by atoms with Crippen molar-refractivity contribution in [3.63, 3.8) is 0 Å². The maximum atomic E-state index is 12.4. The van der Waals surface area contributed by atoms with Crippen LogP contribution >= 0.6 is 39.3 Å². The van der Waals surface area contributed by atoms with E-state index >= 15 is 0 Å². The number of rotatable bonds is 8. The number of amides is 1. The Morgan fingerprint density at radius 3 is 2.71 bits per heavy atom. The highest BCUT2D eigenvalue weighted by Crippen LogP contribution is 2.35. The molecule has 7 nitrogen and oxygen atoms in total. The van der Waals surface area contributed by atoms with Gasteiger partial charge in [-0.15, -0.1) is 10.2 Å². The van der Waals surface area contributed by atoms with Crippen molar-refractivity contribution in [1.29, 1.82) is 0 Å². The zero-order chi connectivity index (χ0) is 23.9. The molecular weight excluding hydrogens is 538 g/mol. The third-order valence-electron chi connectivity index (χ3n) is 5.62. The van der Waals surface area contributed by atoms with E-state index in [0.717, 1.165) is 45.2 Å². The Hall–Kier alpha value is -2.36. The Labute approximate surface area is 216 Å². The molecule has 0 radical (unpaired) electrons. The fraction of sp³-hybridized carbons (Fsp3) is 0.333. The fourth-order valence-corrected chi connectivity index (χ4v) is 5.43. The molecule has 4 rings (SSSR count). The standard InChI is InChI=1S/C24H25BrClN5O2S/c1-33-21-12-7-16(13-20(21)25)14-27-28-22(32)15-34-24-30-29-23(17-8-10-18(26)11-9-17)31(24)19-5-3-2-4-6-19/h7-14,19H,2-6,15H2,1H3,(H,28,32)/b27-14+. The van der Waals surface area contributed by atoms with Gasteiger partial charge in [-0.05, 0) is 76.8 Å². The average molecular weight is 563 g/mol. The second-order valence-electron chi connectivity index (χ2n) is 7.95. The summed E-state index contributed by atoms with van der Waals surface area (Å²) in [4.78, 5) is 12.4. The van der Waals surface area contributed by atoms with Gasteiger partial charge in [0.1, 0.15) is 5.75 Å². The van der Waals surface area contributed by atoms with Crippen LogP contribution in [0.3, 0.4) is 0 Å². The second-order valence-corrected chi connectivity index (χ2v) is 10.2. The molecule has 10 heteroatoms. The van der Waals surface area contributed by atoms with Crippen molar-refractivity contribution in [3.05, 3.63) is 57.5 Å². The second kappa shape index (κ2) is 11.9. The summed E-state index contributed by atoms with van der Waals surface area (Å²) in [6.07, 6.45) is 7.38. The molecule has 0 spiro atoms. The molecule has 0 bridgehead atoms. The van der Waals surface area contributed by atoms with Crippen LogP contribution in [0, 0.1) is 0 Å². The summed E-state index contributed by atoms with van der Waals surface area (Å²) in [5.74, 6) is 1.53. The monoisotopic (exact) mass is 561 g/mol. The van der Waals surface area contributed by atoms with E-state index in [1.807, 2.05) is 42.5 Å². The molecule has 1 aliphatic rings. The van der Waals surface area contributed by atoms with Gasteiger partial charge in [0.15, 0.2) is 11.0 Å². The lowest BCUT2D eigenvalue weighted by Gasteiger charge is -2.25.